The van der Waals surface area contributed by atoms with Gasteiger partial charge in [0.25, 0.3) is 0 Å². The van der Waals surface area contributed by atoms with Crippen LogP contribution in [0.3, 0.4) is 0 Å². The van der Waals surface area contributed by atoms with Crippen LogP contribution in [0.4, 0.5) is 0 Å². The minimum absolute atomic E-state index is 0. The van der Waals surface area contributed by atoms with Crippen LogP contribution in [-0.2, 0) is 50.3 Å². The van der Waals surface area contributed by atoms with E-state index < -0.39 is 0 Å². The fraction of sp³-hybridized carbons (Fsp3) is 0. The number of hydrogen-bond donors (Lipinski definition) is 0. The summed E-state index contributed by atoms with van der Waals surface area (Å²) < 4.78 is 0. The summed E-state index contributed by atoms with van der Waals surface area (Å²) in [5, 5.41) is 0. The van der Waals surface area contributed by atoms with Crippen LogP contribution >= 0.6 is 0 Å². The molecule has 0 atom stereocenters. The van der Waals surface area contributed by atoms with Gasteiger partial charge < -0.3 is 0 Å². The fourth-order valence-electron chi connectivity index (χ4n) is 0. The Morgan fingerprint density at radius 2 is 0.400 bits per heavy atom. The minimum atomic E-state index is 0. The van der Waals surface area contributed by atoms with Crippen molar-refractivity contribution in [3.63, 3.8) is 0 Å². The molecule has 0 saturated heterocycles. The Morgan fingerprint density at radius 1 is 0.400 bits per heavy atom. The van der Waals surface area contributed by atoms with Gasteiger partial charge in [-0.1, -0.05) is 0 Å². The first kappa shape index (κ1) is 78.0. The Kier molecular flexibility index (Phi) is 700. The molecule has 5 heavy (non-hydrogen) atoms. The molecule has 0 aliphatic rings. The van der Waals surface area contributed by atoms with Crippen molar-refractivity contribution in [1.29, 1.82) is 0 Å². The van der Waals surface area contributed by atoms with Crippen molar-refractivity contribution in [3.8, 4) is 0 Å². The molecule has 27 valence electrons. The average molecular weight is 198 g/mol. The van der Waals surface area contributed by atoms with Gasteiger partial charge in [0.2, 0.25) is 0 Å². The van der Waals surface area contributed by atoms with Crippen LogP contribution in [0.5, 0.6) is 0 Å². The number of rotatable bonds is 0. The molecule has 0 amide bonds. The third-order valence-corrected chi connectivity index (χ3v) is 0. The van der Waals surface area contributed by atoms with Crippen LogP contribution < -0.4 is 0 Å². The van der Waals surface area contributed by atoms with Crippen molar-refractivity contribution in [2.75, 3.05) is 0 Å². The summed E-state index contributed by atoms with van der Waals surface area (Å²) in [6, 6.07) is 0. The van der Waals surface area contributed by atoms with E-state index in [1.165, 1.54) is 0 Å². The third-order valence-electron chi connectivity index (χ3n) is 0. The summed E-state index contributed by atoms with van der Waals surface area (Å²) in [5.41, 5.74) is 0. The smallest absolute Gasteiger partial charge is 0 e. The fourth-order valence-corrected chi connectivity index (χ4v) is 0. The molecule has 9 radical (unpaired) electrons. The van der Waals surface area contributed by atoms with E-state index in [1.54, 1.807) is 0 Å². The molecule has 0 aliphatic carbocycles. The van der Waals surface area contributed by atoms with Gasteiger partial charge in [0.05, 0.1) is 0 Å². The van der Waals surface area contributed by atoms with Gasteiger partial charge in [-0.3, -0.25) is 0 Å². The largest absolute Gasteiger partial charge is 2.00 e. The molecular formula is B2Co3+6. The van der Waals surface area contributed by atoms with Gasteiger partial charge in [0.1, 0.15) is 0 Å². The maximum Gasteiger partial charge on any atom is 2.00 e. The predicted octanol–water partition coefficient (Wildman–Crippen LogP) is -0.769. The summed E-state index contributed by atoms with van der Waals surface area (Å²) >= 11 is 0. The zero-order chi connectivity index (χ0) is 0. The second-order valence-corrected chi connectivity index (χ2v) is 0. The van der Waals surface area contributed by atoms with E-state index in [0.717, 1.165) is 0 Å². The van der Waals surface area contributed by atoms with Crippen molar-refractivity contribution < 1.29 is 50.3 Å². The molecular weight excluding hydrogens is 198 g/mol. The standard InChI is InChI=1S/2B.3Co/q;;3*+2. The summed E-state index contributed by atoms with van der Waals surface area (Å²) in [4.78, 5) is 0. The van der Waals surface area contributed by atoms with Gasteiger partial charge in [-0.15, -0.1) is 0 Å². The number of hydrogen-bond acceptors (Lipinski definition) is 0. The van der Waals surface area contributed by atoms with Crippen LogP contribution in [0.2, 0.25) is 0 Å². The van der Waals surface area contributed by atoms with Crippen molar-refractivity contribution in [2.45, 2.75) is 0 Å². The molecule has 0 fully saturated rings. The molecule has 0 aliphatic heterocycles. The Balaban J connectivity index is 0. The summed E-state index contributed by atoms with van der Waals surface area (Å²) in [6.07, 6.45) is 0. The van der Waals surface area contributed by atoms with E-state index in [9.17, 15) is 0 Å². The van der Waals surface area contributed by atoms with Crippen LogP contribution in [-0.4, -0.2) is 16.8 Å². The quantitative estimate of drug-likeness (QED) is 0.449. The van der Waals surface area contributed by atoms with Crippen LogP contribution in [0.15, 0.2) is 0 Å². The minimum Gasteiger partial charge on any atom is 0 e. The zero-order valence-electron chi connectivity index (χ0n) is 2.15. The molecule has 0 rings (SSSR count). The molecule has 0 aromatic rings. The molecule has 5 heteroatoms. The molecule has 0 unspecified atom stereocenters. The first-order valence-corrected chi connectivity index (χ1v) is 0. The molecule has 0 spiro atoms. The van der Waals surface area contributed by atoms with Gasteiger partial charge in [-0.2, -0.15) is 0 Å². The molecule has 0 bridgehead atoms. The van der Waals surface area contributed by atoms with Crippen molar-refractivity contribution in [2.24, 2.45) is 0 Å². The summed E-state index contributed by atoms with van der Waals surface area (Å²) in [6.45, 7) is 0. The molecule has 0 saturated carbocycles. The van der Waals surface area contributed by atoms with E-state index in [1.807, 2.05) is 0 Å². The Labute approximate surface area is 67.0 Å². The maximum absolute atomic E-state index is 0. The Bertz CT molecular complexity index is 4.85. The zero-order valence-corrected chi connectivity index (χ0v) is 5.28. The maximum atomic E-state index is 0. The van der Waals surface area contributed by atoms with E-state index >= 15 is 0 Å². The molecule has 0 aromatic carbocycles. The first-order chi connectivity index (χ1) is 0. The van der Waals surface area contributed by atoms with Gasteiger partial charge >= 0.3 is 50.3 Å². The van der Waals surface area contributed by atoms with E-state index in [2.05, 4.69) is 0 Å². The van der Waals surface area contributed by atoms with E-state index in [0.29, 0.717) is 0 Å². The SMILES string of the molecule is [B].[B].[Co+2].[Co+2].[Co+2]. The Hall–Kier alpha value is 1.65. The van der Waals surface area contributed by atoms with E-state index in [-0.39, 0.29) is 67.2 Å². The molecule has 0 aromatic heterocycles. The summed E-state index contributed by atoms with van der Waals surface area (Å²) in [7, 11) is 0. The van der Waals surface area contributed by atoms with Gasteiger partial charge in [-0.05, 0) is 0 Å². The molecule has 0 nitrogen and oxygen atoms in total. The van der Waals surface area contributed by atoms with Crippen molar-refractivity contribution in [3.05, 3.63) is 0 Å². The second kappa shape index (κ2) is 44.9. The second-order valence-electron chi connectivity index (χ2n) is 0. The van der Waals surface area contributed by atoms with E-state index in [4.69, 9.17) is 0 Å². The van der Waals surface area contributed by atoms with Crippen LogP contribution in [0.1, 0.15) is 0 Å². The molecule has 0 N–H and O–H groups in total. The topological polar surface area (TPSA) is 0 Å². The first-order valence-electron chi connectivity index (χ1n) is 0. The predicted molar refractivity (Wildman–Crippen MR) is 11.5 cm³/mol. The van der Waals surface area contributed by atoms with Crippen LogP contribution in [0.25, 0.3) is 0 Å². The third kappa shape index (κ3) is 27.7. The normalized spacial score (nSPS) is 0. The van der Waals surface area contributed by atoms with Gasteiger partial charge in [0, 0.05) is 16.8 Å². The van der Waals surface area contributed by atoms with Crippen molar-refractivity contribution in [1.82, 2.24) is 0 Å². The van der Waals surface area contributed by atoms with Crippen LogP contribution in [0, 0.1) is 0 Å². The Morgan fingerprint density at radius 3 is 0.400 bits per heavy atom. The van der Waals surface area contributed by atoms with Crippen molar-refractivity contribution >= 4 is 16.8 Å². The van der Waals surface area contributed by atoms with Gasteiger partial charge in [0.15, 0.2) is 0 Å². The monoisotopic (exact) mass is 199 g/mol. The average Bonchev–Trinajstić information content (AvgIpc) is 0. The molecule has 0 heterocycles. The summed E-state index contributed by atoms with van der Waals surface area (Å²) in [5.74, 6) is 0. The van der Waals surface area contributed by atoms with Gasteiger partial charge in [-0.25, -0.2) is 0 Å².